The Morgan fingerprint density at radius 1 is 1.38 bits per heavy atom. The fraction of sp³-hybridized carbons (Fsp3) is 0.818. The number of hydrogen-bond donors (Lipinski definition) is 1. The quantitative estimate of drug-likeness (QED) is 0.541. The van der Waals surface area contributed by atoms with Crippen LogP contribution in [-0.2, 0) is 19.1 Å². The van der Waals surface area contributed by atoms with E-state index in [0.717, 1.165) is 6.42 Å². The Kier molecular flexibility index (Phi) is 5.25. The van der Waals surface area contributed by atoms with Gasteiger partial charge in [0.1, 0.15) is 6.73 Å². The third kappa shape index (κ3) is 3.81. The van der Waals surface area contributed by atoms with E-state index in [0.29, 0.717) is 19.3 Å². The van der Waals surface area contributed by atoms with E-state index in [4.69, 9.17) is 4.74 Å². The molecule has 92 valence electrons. The van der Waals surface area contributed by atoms with Gasteiger partial charge in [-0.1, -0.05) is 6.92 Å². The average Bonchev–Trinajstić information content (AvgIpc) is 2.21. The van der Waals surface area contributed by atoms with Crippen LogP contribution in [0.2, 0.25) is 0 Å². The van der Waals surface area contributed by atoms with Crippen LogP contribution in [0.3, 0.4) is 0 Å². The molecule has 0 atom stereocenters. The Morgan fingerprint density at radius 2 is 2.06 bits per heavy atom. The van der Waals surface area contributed by atoms with Gasteiger partial charge in [0.25, 0.3) is 0 Å². The number of hydrogen-bond acceptors (Lipinski definition) is 4. The van der Waals surface area contributed by atoms with E-state index < -0.39 is 0 Å². The summed E-state index contributed by atoms with van der Waals surface area (Å²) in [4.78, 5) is 22.1. The van der Waals surface area contributed by atoms with Gasteiger partial charge in [-0.15, -0.1) is 0 Å². The molecular weight excluding hydrogens is 210 g/mol. The monoisotopic (exact) mass is 229 g/mol. The minimum absolute atomic E-state index is 0.00587. The molecule has 0 unspecified atom stereocenters. The van der Waals surface area contributed by atoms with Gasteiger partial charge >= 0.3 is 5.97 Å². The summed E-state index contributed by atoms with van der Waals surface area (Å²) in [5.41, 5.74) is 0. The van der Waals surface area contributed by atoms with Crippen molar-refractivity contribution in [3.05, 3.63) is 0 Å². The average molecular weight is 229 g/mol. The second kappa shape index (κ2) is 6.48. The number of carbonyl (C=O) groups is 2. The van der Waals surface area contributed by atoms with E-state index in [1.807, 2.05) is 6.92 Å². The largest absolute Gasteiger partial charge is 0.469 e. The van der Waals surface area contributed by atoms with Crippen LogP contribution in [0.25, 0.3) is 0 Å². The Morgan fingerprint density at radius 3 is 2.62 bits per heavy atom. The summed E-state index contributed by atoms with van der Waals surface area (Å²) in [6.07, 6.45) is 2.82. The van der Waals surface area contributed by atoms with Crippen LogP contribution in [0.15, 0.2) is 0 Å². The molecule has 5 nitrogen and oxygen atoms in total. The predicted molar refractivity (Wildman–Crippen MR) is 57.5 cm³/mol. The third-order valence-corrected chi connectivity index (χ3v) is 2.69. The number of nitrogens with one attached hydrogen (secondary N) is 1. The lowest BCUT2D eigenvalue weighted by atomic mass is 9.82. The van der Waals surface area contributed by atoms with Crippen molar-refractivity contribution in [2.45, 2.75) is 38.7 Å². The predicted octanol–water partition coefficient (Wildman–Crippen LogP) is 0.828. The summed E-state index contributed by atoms with van der Waals surface area (Å²) in [6.45, 7) is 2.19. The maximum Gasteiger partial charge on any atom is 0.308 e. The molecule has 1 rings (SSSR count). The van der Waals surface area contributed by atoms with Crippen molar-refractivity contribution in [2.24, 2.45) is 5.92 Å². The highest BCUT2D eigenvalue weighted by atomic mass is 16.5. The summed E-state index contributed by atoms with van der Waals surface area (Å²) in [7, 11) is 1.39. The summed E-state index contributed by atoms with van der Waals surface area (Å²) in [5, 5.41) is 2.66. The Hall–Kier alpha value is -1.10. The number of esters is 1. The van der Waals surface area contributed by atoms with E-state index in [-0.39, 0.29) is 30.6 Å². The molecule has 0 heterocycles. The third-order valence-electron chi connectivity index (χ3n) is 2.69. The van der Waals surface area contributed by atoms with Gasteiger partial charge in [-0.3, -0.25) is 9.59 Å². The molecule has 0 aromatic rings. The van der Waals surface area contributed by atoms with Gasteiger partial charge in [-0.05, 0) is 19.3 Å². The normalized spacial score (nSPS) is 23.4. The molecule has 0 aliphatic heterocycles. The van der Waals surface area contributed by atoms with Crippen molar-refractivity contribution in [1.82, 2.24) is 5.32 Å². The first-order chi connectivity index (χ1) is 7.67. The molecular formula is C11H19NO4. The lowest BCUT2D eigenvalue weighted by molar-refractivity contribution is -0.155. The van der Waals surface area contributed by atoms with Crippen LogP contribution in [0.4, 0.5) is 0 Å². The van der Waals surface area contributed by atoms with Crippen molar-refractivity contribution in [1.29, 1.82) is 0 Å². The number of amides is 1. The fourth-order valence-corrected chi connectivity index (χ4v) is 1.62. The first kappa shape index (κ1) is 13.0. The summed E-state index contributed by atoms with van der Waals surface area (Å²) in [5.74, 6) is -0.192. The molecule has 0 aromatic carbocycles. The first-order valence-corrected chi connectivity index (χ1v) is 5.63. The van der Waals surface area contributed by atoms with Crippen molar-refractivity contribution in [3.8, 4) is 0 Å². The molecule has 1 N–H and O–H groups in total. The van der Waals surface area contributed by atoms with Crippen molar-refractivity contribution >= 4 is 11.9 Å². The molecule has 1 fully saturated rings. The van der Waals surface area contributed by atoms with E-state index >= 15 is 0 Å². The molecule has 1 amide bonds. The minimum Gasteiger partial charge on any atom is -0.469 e. The zero-order valence-corrected chi connectivity index (χ0v) is 9.82. The molecule has 0 aromatic heterocycles. The van der Waals surface area contributed by atoms with Gasteiger partial charge in [0.15, 0.2) is 0 Å². The van der Waals surface area contributed by atoms with Crippen LogP contribution in [0.1, 0.15) is 32.6 Å². The molecule has 1 aliphatic rings. The zero-order chi connectivity index (χ0) is 12.0. The van der Waals surface area contributed by atoms with Gasteiger partial charge in [0.05, 0.1) is 19.1 Å². The van der Waals surface area contributed by atoms with E-state index in [1.54, 1.807) is 0 Å². The van der Waals surface area contributed by atoms with E-state index in [1.165, 1.54) is 7.11 Å². The number of methoxy groups -OCH3 is 1. The van der Waals surface area contributed by atoms with Crippen LogP contribution in [0.5, 0.6) is 0 Å². The van der Waals surface area contributed by atoms with Crippen LogP contribution in [0, 0.1) is 5.92 Å². The second-order valence-electron chi connectivity index (χ2n) is 3.97. The summed E-state index contributed by atoms with van der Waals surface area (Å²) >= 11 is 0. The zero-order valence-electron chi connectivity index (χ0n) is 9.82. The lowest BCUT2D eigenvalue weighted by Gasteiger charge is -2.32. The molecule has 1 aliphatic carbocycles. The van der Waals surface area contributed by atoms with Gasteiger partial charge < -0.3 is 14.8 Å². The highest BCUT2D eigenvalue weighted by Crippen LogP contribution is 2.30. The van der Waals surface area contributed by atoms with Crippen molar-refractivity contribution in [3.63, 3.8) is 0 Å². The Balaban J connectivity index is 2.01. The summed E-state index contributed by atoms with van der Waals surface area (Å²) in [6, 6.07) is 0. The molecule has 0 radical (unpaired) electrons. The number of rotatable bonds is 6. The standard InChI is InChI=1S/C11H19NO4/c1-3-4-10(13)12-7-16-9-5-8(6-9)11(14)15-2/h8-9H,3-7H2,1-2H3,(H,12,13). The minimum atomic E-state index is -0.171. The highest BCUT2D eigenvalue weighted by molar-refractivity contribution is 5.75. The highest BCUT2D eigenvalue weighted by Gasteiger charge is 2.35. The van der Waals surface area contributed by atoms with E-state index in [2.05, 4.69) is 10.1 Å². The molecule has 1 saturated carbocycles. The van der Waals surface area contributed by atoms with Crippen molar-refractivity contribution < 1.29 is 19.1 Å². The second-order valence-corrected chi connectivity index (χ2v) is 3.97. The smallest absolute Gasteiger partial charge is 0.308 e. The maximum atomic E-state index is 11.1. The maximum absolute atomic E-state index is 11.1. The van der Waals surface area contributed by atoms with Gasteiger partial charge in [0, 0.05) is 6.42 Å². The SMILES string of the molecule is CCCC(=O)NCOC1CC(C(=O)OC)C1. The fourth-order valence-electron chi connectivity index (χ4n) is 1.62. The van der Waals surface area contributed by atoms with E-state index in [9.17, 15) is 9.59 Å². The van der Waals surface area contributed by atoms with Crippen LogP contribution >= 0.6 is 0 Å². The van der Waals surface area contributed by atoms with Crippen LogP contribution < -0.4 is 5.32 Å². The first-order valence-electron chi connectivity index (χ1n) is 5.63. The van der Waals surface area contributed by atoms with Crippen molar-refractivity contribution in [2.75, 3.05) is 13.8 Å². The molecule has 16 heavy (non-hydrogen) atoms. The molecule has 0 bridgehead atoms. The number of ether oxygens (including phenoxy) is 2. The lowest BCUT2D eigenvalue weighted by Crippen LogP contribution is -2.39. The molecule has 5 heteroatoms. The Bertz CT molecular complexity index is 248. The summed E-state index contributed by atoms with van der Waals surface area (Å²) < 4.78 is 9.99. The molecule has 0 spiro atoms. The van der Waals surface area contributed by atoms with Gasteiger partial charge in [-0.2, -0.15) is 0 Å². The van der Waals surface area contributed by atoms with Crippen LogP contribution in [-0.4, -0.2) is 31.8 Å². The molecule has 0 saturated heterocycles. The Labute approximate surface area is 95.5 Å². The van der Waals surface area contributed by atoms with Gasteiger partial charge in [0.2, 0.25) is 5.91 Å². The topological polar surface area (TPSA) is 64.6 Å². The van der Waals surface area contributed by atoms with Gasteiger partial charge in [-0.25, -0.2) is 0 Å². The number of carbonyl (C=O) groups excluding carboxylic acids is 2.